The minimum absolute atomic E-state index is 0.0823. The monoisotopic (exact) mass is 548 g/mol. The molecule has 2 aromatic carbocycles. The predicted octanol–water partition coefficient (Wildman–Crippen LogP) is 0.0866. The van der Waals surface area contributed by atoms with E-state index in [-0.39, 0.29) is 33.4 Å². The quantitative estimate of drug-likeness (QED) is 0.256. The summed E-state index contributed by atoms with van der Waals surface area (Å²) in [5.41, 5.74) is -0.832. The number of amides is 2. The molecule has 0 saturated heterocycles. The summed E-state index contributed by atoms with van der Waals surface area (Å²) < 4.78 is 0. The van der Waals surface area contributed by atoms with Crippen LogP contribution in [-0.4, -0.2) is 75.0 Å². The van der Waals surface area contributed by atoms with E-state index in [0.29, 0.717) is 0 Å². The smallest absolute Gasteiger partial charge is 0.325 e. The molecule has 4 atom stereocenters. The van der Waals surface area contributed by atoms with Crippen molar-refractivity contribution in [1.82, 2.24) is 10.6 Å². The molecular weight excluding hydrogens is 528 g/mol. The van der Waals surface area contributed by atoms with Crippen LogP contribution in [0.3, 0.4) is 0 Å². The largest absolute Gasteiger partial charge is 0.480 e. The fourth-order valence-electron chi connectivity index (χ4n) is 4.43. The molecule has 4 rings (SSSR count). The molecule has 0 heterocycles. The van der Waals surface area contributed by atoms with Crippen LogP contribution in [0.1, 0.15) is 71.2 Å². The molecule has 13 heteroatoms. The lowest BCUT2D eigenvalue weighted by Crippen LogP contribution is -2.44. The van der Waals surface area contributed by atoms with Crippen molar-refractivity contribution in [2.45, 2.75) is 25.9 Å². The molecule has 13 nitrogen and oxygen atoms in total. The normalized spacial score (nSPS) is 18.9. The molecule has 0 aromatic heterocycles. The fourth-order valence-corrected chi connectivity index (χ4v) is 4.43. The number of Topliss-reactive ketones (excluding diaryl/α,β-unsaturated/α-hetero) is 4. The molecule has 0 fully saturated rings. The highest BCUT2D eigenvalue weighted by Gasteiger charge is 2.45. The molecule has 0 spiro atoms. The number of carboxylic acid groups (broad SMARTS) is 2. The van der Waals surface area contributed by atoms with Crippen molar-refractivity contribution in [2.24, 2.45) is 11.8 Å². The third kappa shape index (κ3) is 4.57. The van der Waals surface area contributed by atoms with Gasteiger partial charge < -0.3 is 20.8 Å². The van der Waals surface area contributed by atoms with Crippen molar-refractivity contribution in [2.75, 3.05) is 0 Å². The summed E-state index contributed by atoms with van der Waals surface area (Å²) >= 11 is 0. The third-order valence-corrected chi connectivity index (χ3v) is 6.66. The molecule has 204 valence electrons. The Balaban J connectivity index is 1.59. The van der Waals surface area contributed by atoms with E-state index in [1.165, 1.54) is 24.3 Å². The number of hydrogen-bond donors (Lipinski definition) is 4. The number of rotatable bonds is 8. The minimum Gasteiger partial charge on any atom is -0.480 e. The third-order valence-electron chi connectivity index (χ3n) is 6.66. The van der Waals surface area contributed by atoms with Crippen LogP contribution in [0.2, 0.25) is 0 Å². The number of ketones is 5. The van der Waals surface area contributed by atoms with E-state index in [9.17, 15) is 43.2 Å². The second-order valence-corrected chi connectivity index (χ2v) is 9.31. The molecule has 0 aliphatic heterocycles. The van der Waals surface area contributed by atoms with Crippen LogP contribution in [0.25, 0.3) is 0 Å². The SMILES string of the molecule is CC(NC(=O)C1C(=O)c2ccc(C(=O)c3ccc4c(c3)C(=O)C(C(=O)NC(C)C(=O)O)C4=O)cc2C1=O)C(=O)O. The van der Waals surface area contributed by atoms with Crippen LogP contribution < -0.4 is 10.6 Å². The van der Waals surface area contributed by atoms with Gasteiger partial charge in [-0.05, 0) is 38.1 Å². The maximum absolute atomic E-state index is 13.2. The Kier molecular flexibility index (Phi) is 6.99. The van der Waals surface area contributed by atoms with Gasteiger partial charge in [-0.3, -0.25) is 43.2 Å². The lowest BCUT2D eigenvalue weighted by atomic mass is 9.96. The molecule has 2 aliphatic carbocycles. The molecular formula is C27H20N2O11. The van der Waals surface area contributed by atoms with Gasteiger partial charge >= 0.3 is 11.9 Å². The van der Waals surface area contributed by atoms with Gasteiger partial charge in [-0.1, -0.05) is 12.1 Å². The van der Waals surface area contributed by atoms with Crippen molar-refractivity contribution in [3.63, 3.8) is 0 Å². The molecule has 2 amide bonds. The second-order valence-electron chi connectivity index (χ2n) is 9.31. The molecule has 4 unspecified atom stereocenters. The van der Waals surface area contributed by atoms with Crippen LogP contribution in [0.15, 0.2) is 36.4 Å². The van der Waals surface area contributed by atoms with Crippen LogP contribution in [0.4, 0.5) is 0 Å². The zero-order valence-corrected chi connectivity index (χ0v) is 20.8. The van der Waals surface area contributed by atoms with Gasteiger partial charge in [-0.2, -0.15) is 0 Å². The van der Waals surface area contributed by atoms with Crippen molar-refractivity contribution in [1.29, 1.82) is 0 Å². The first-order valence-corrected chi connectivity index (χ1v) is 11.8. The number of benzene rings is 2. The Morgan fingerprint density at radius 1 is 0.600 bits per heavy atom. The van der Waals surface area contributed by atoms with Crippen molar-refractivity contribution < 1.29 is 53.4 Å². The van der Waals surface area contributed by atoms with Crippen molar-refractivity contribution in [3.05, 3.63) is 69.8 Å². The highest BCUT2D eigenvalue weighted by Crippen LogP contribution is 2.31. The molecule has 0 saturated carbocycles. The van der Waals surface area contributed by atoms with E-state index in [1.807, 2.05) is 0 Å². The highest BCUT2D eigenvalue weighted by molar-refractivity contribution is 6.37. The Labute approximate surface area is 224 Å². The van der Waals surface area contributed by atoms with Crippen LogP contribution in [0, 0.1) is 11.8 Å². The van der Waals surface area contributed by atoms with Crippen LogP contribution >= 0.6 is 0 Å². The maximum Gasteiger partial charge on any atom is 0.325 e. The average molecular weight is 548 g/mol. The first-order chi connectivity index (χ1) is 18.7. The summed E-state index contributed by atoms with van der Waals surface area (Å²) in [5.74, 6) is -12.8. The maximum atomic E-state index is 13.2. The zero-order chi connectivity index (χ0) is 29.6. The minimum atomic E-state index is -1.81. The average Bonchev–Trinajstić information content (AvgIpc) is 3.31. The van der Waals surface area contributed by atoms with E-state index < -0.39 is 76.6 Å². The number of nitrogens with one attached hydrogen (secondary N) is 2. The number of fused-ring (bicyclic) bond motifs is 2. The molecule has 0 bridgehead atoms. The lowest BCUT2D eigenvalue weighted by molar-refractivity contribution is -0.141. The molecule has 40 heavy (non-hydrogen) atoms. The number of carboxylic acids is 2. The lowest BCUT2D eigenvalue weighted by Gasteiger charge is -2.11. The number of hydrogen-bond acceptors (Lipinski definition) is 9. The summed E-state index contributed by atoms with van der Waals surface area (Å²) in [6.07, 6.45) is 0. The first kappa shape index (κ1) is 27.7. The molecule has 0 radical (unpaired) electrons. The summed E-state index contributed by atoms with van der Waals surface area (Å²) in [6, 6.07) is 4.34. The van der Waals surface area contributed by atoms with Gasteiger partial charge in [-0.15, -0.1) is 0 Å². The zero-order valence-electron chi connectivity index (χ0n) is 20.8. The topological polar surface area (TPSA) is 218 Å². The van der Waals surface area contributed by atoms with Crippen molar-refractivity contribution in [3.8, 4) is 0 Å². The van der Waals surface area contributed by atoms with Crippen LogP contribution in [-0.2, 0) is 19.2 Å². The number of carbonyl (C=O) groups is 9. The number of aliphatic carboxylic acids is 2. The van der Waals surface area contributed by atoms with Gasteiger partial charge in [0.05, 0.1) is 0 Å². The van der Waals surface area contributed by atoms with E-state index in [4.69, 9.17) is 10.2 Å². The Morgan fingerprint density at radius 2 is 0.925 bits per heavy atom. The van der Waals surface area contributed by atoms with Gasteiger partial charge in [0.1, 0.15) is 12.1 Å². The standard InChI is InChI=1S/C27H20N2O11/c1-9(26(37)38)28-24(35)17-20(31)13-5-3-11(7-15(13)22(17)33)19(30)12-4-6-14-16(8-12)23(34)18(21(14)32)25(36)29-10(2)27(39)40/h3-10,17-18H,1-2H3,(H,28,35)(H,29,36)(H,37,38)(H,39,40). The van der Waals surface area contributed by atoms with Gasteiger partial charge in [0, 0.05) is 33.4 Å². The Bertz CT molecular complexity index is 1470. The summed E-state index contributed by atoms with van der Waals surface area (Å²) in [4.78, 5) is 111. The summed E-state index contributed by atoms with van der Waals surface area (Å²) in [7, 11) is 0. The predicted molar refractivity (Wildman–Crippen MR) is 131 cm³/mol. The van der Waals surface area contributed by atoms with Gasteiger partial charge in [0.25, 0.3) is 0 Å². The first-order valence-electron chi connectivity index (χ1n) is 11.8. The van der Waals surface area contributed by atoms with E-state index in [2.05, 4.69) is 10.6 Å². The highest BCUT2D eigenvalue weighted by atomic mass is 16.4. The van der Waals surface area contributed by atoms with E-state index in [0.717, 1.165) is 26.0 Å². The molecule has 2 aromatic rings. The summed E-state index contributed by atoms with van der Waals surface area (Å²) in [6.45, 7) is 2.32. The van der Waals surface area contributed by atoms with E-state index >= 15 is 0 Å². The van der Waals surface area contributed by atoms with Gasteiger partial charge in [0.15, 0.2) is 40.8 Å². The van der Waals surface area contributed by atoms with E-state index in [1.54, 1.807) is 0 Å². The fraction of sp³-hybridized carbons (Fsp3) is 0.222. The van der Waals surface area contributed by atoms with Crippen LogP contribution in [0.5, 0.6) is 0 Å². The summed E-state index contributed by atoms with van der Waals surface area (Å²) in [5, 5.41) is 22.1. The van der Waals surface area contributed by atoms with Crippen molar-refractivity contribution >= 4 is 52.7 Å². The molecule has 4 N–H and O–H groups in total. The second kappa shape index (κ2) is 10.1. The molecule has 2 aliphatic rings. The van der Waals surface area contributed by atoms with Gasteiger partial charge in [0.2, 0.25) is 11.8 Å². The van der Waals surface area contributed by atoms with Gasteiger partial charge in [-0.25, -0.2) is 0 Å². The Hall–Kier alpha value is -5.33. The Morgan fingerprint density at radius 3 is 1.25 bits per heavy atom. The number of carbonyl (C=O) groups excluding carboxylic acids is 7.